The van der Waals surface area contributed by atoms with Gasteiger partial charge >= 0.3 is 6.01 Å². The average molecular weight is 434 g/mol. The summed E-state index contributed by atoms with van der Waals surface area (Å²) in [7, 11) is -9.37. The Balaban J connectivity index is 2.54. The Hall–Kier alpha value is -2.59. The SMILES string of the molecule is CCOc1nc(NCCN)nc(Nc2cc(S(=O)(=O)O)ccc2S(=O)(=O)O)n1. The number of rotatable bonds is 9. The maximum absolute atomic E-state index is 11.6. The van der Waals surface area contributed by atoms with E-state index in [-0.39, 0.29) is 31.1 Å². The second-order valence-electron chi connectivity index (χ2n) is 5.15. The van der Waals surface area contributed by atoms with E-state index < -0.39 is 35.7 Å². The fraction of sp³-hybridized carbons (Fsp3) is 0.308. The number of ether oxygens (including phenoxy) is 1. The van der Waals surface area contributed by atoms with Crippen LogP contribution in [0.2, 0.25) is 0 Å². The van der Waals surface area contributed by atoms with Gasteiger partial charge in [0, 0.05) is 13.1 Å². The van der Waals surface area contributed by atoms with Crippen LogP contribution in [-0.2, 0) is 20.2 Å². The van der Waals surface area contributed by atoms with Crippen molar-refractivity contribution in [3.05, 3.63) is 18.2 Å². The number of hydrogen-bond donors (Lipinski definition) is 5. The van der Waals surface area contributed by atoms with Gasteiger partial charge in [-0.25, -0.2) is 0 Å². The molecule has 0 spiro atoms. The van der Waals surface area contributed by atoms with Gasteiger partial charge in [-0.3, -0.25) is 9.11 Å². The normalized spacial score (nSPS) is 11.9. The van der Waals surface area contributed by atoms with Gasteiger partial charge in [0.25, 0.3) is 20.2 Å². The van der Waals surface area contributed by atoms with Crippen LogP contribution in [-0.4, -0.2) is 60.6 Å². The van der Waals surface area contributed by atoms with Crippen LogP contribution in [0.15, 0.2) is 28.0 Å². The highest BCUT2D eigenvalue weighted by Crippen LogP contribution is 2.27. The standard InChI is InChI=1S/C13H18N6O7S2/c1-2-26-13-18-11(15-6-5-14)17-12(19-13)16-9-7-8(27(20,21)22)3-4-10(9)28(23,24)25/h3-4,7H,2,5-6,14H2,1H3,(H,20,21,22)(H,23,24,25)(H2,15,16,17,18,19). The molecule has 0 fully saturated rings. The largest absolute Gasteiger partial charge is 0.464 e. The number of benzene rings is 1. The Morgan fingerprint density at radius 3 is 2.32 bits per heavy atom. The Labute approximate surface area is 160 Å². The van der Waals surface area contributed by atoms with Crippen LogP contribution in [0.5, 0.6) is 6.01 Å². The molecule has 1 aromatic heterocycles. The quantitative estimate of drug-likeness (QED) is 0.326. The summed E-state index contributed by atoms with van der Waals surface area (Å²) in [5.41, 5.74) is 5.01. The van der Waals surface area contributed by atoms with Gasteiger partial charge in [0.1, 0.15) is 4.90 Å². The van der Waals surface area contributed by atoms with Crippen LogP contribution in [0.1, 0.15) is 6.92 Å². The third-order valence-electron chi connectivity index (χ3n) is 3.09. The second kappa shape index (κ2) is 8.61. The van der Waals surface area contributed by atoms with Crippen molar-refractivity contribution in [3.63, 3.8) is 0 Å². The van der Waals surface area contributed by atoms with Crippen molar-refractivity contribution in [3.8, 4) is 6.01 Å². The zero-order valence-corrected chi connectivity index (χ0v) is 16.2. The number of nitrogens with two attached hydrogens (primary N) is 1. The van der Waals surface area contributed by atoms with Gasteiger partial charge in [0.05, 0.1) is 17.2 Å². The van der Waals surface area contributed by atoms with Crippen molar-refractivity contribution in [2.75, 3.05) is 30.3 Å². The number of nitrogens with zero attached hydrogens (tertiary/aromatic N) is 3. The molecular weight excluding hydrogens is 416 g/mol. The summed E-state index contributed by atoms with van der Waals surface area (Å²) in [6.45, 7) is 2.52. The van der Waals surface area contributed by atoms with Crippen molar-refractivity contribution in [2.45, 2.75) is 16.7 Å². The molecule has 2 rings (SSSR count). The summed E-state index contributed by atoms with van der Waals surface area (Å²) >= 11 is 0. The van der Waals surface area contributed by atoms with E-state index in [0.717, 1.165) is 18.2 Å². The number of nitrogens with one attached hydrogen (secondary N) is 2. The summed E-state index contributed by atoms with van der Waals surface area (Å²) in [5.74, 6) is -0.152. The molecule has 0 radical (unpaired) electrons. The molecule has 0 saturated carbocycles. The molecule has 15 heteroatoms. The van der Waals surface area contributed by atoms with Crippen LogP contribution >= 0.6 is 0 Å². The molecule has 13 nitrogen and oxygen atoms in total. The summed E-state index contributed by atoms with van der Waals surface area (Å²) in [4.78, 5) is 10.6. The average Bonchev–Trinajstić information content (AvgIpc) is 2.58. The predicted molar refractivity (Wildman–Crippen MR) is 97.9 cm³/mol. The molecule has 154 valence electrons. The maximum Gasteiger partial charge on any atom is 0.323 e. The summed E-state index contributed by atoms with van der Waals surface area (Å²) in [6, 6.07) is 2.32. The minimum atomic E-state index is -4.73. The predicted octanol–water partition coefficient (Wildman–Crippen LogP) is -0.122. The van der Waals surface area contributed by atoms with Gasteiger partial charge in [0.15, 0.2) is 0 Å². The molecule has 0 aliphatic carbocycles. The van der Waals surface area contributed by atoms with E-state index in [2.05, 4.69) is 25.6 Å². The van der Waals surface area contributed by atoms with Crippen LogP contribution in [0.3, 0.4) is 0 Å². The highest BCUT2D eigenvalue weighted by Gasteiger charge is 2.21. The van der Waals surface area contributed by atoms with Crippen LogP contribution < -0.4 is 21.1 Å². The molecule has 0 aliphatic heterocycles. The Kier molecular flexibility index (Phi) is 6.68. The first kappa shape index (κ1) is 21.7. The molecule has 0 bridgehead atoms. The molecule has 28 heavy (non-hydrogen) atoms. The lowest BCUT2D eigenvalue weighted by Crippen LogP contribution is -2.16. The van der Waals surface area contributed by atoms with E-state index >= 15 is 0 Å². The molecule has 1 heterocycles. The van der Waals surface area contributed by atoms with Crippen molar-refractivity contribution in [1.29, 1.82) is 0 Å². The van der Waals surface area contributed by atoms with Gasteiger partial charge in [-0.1, -0.05) is 0 Å². The second-order valence-corrected chi connectivity index (χ2v) is 7.96. The molecule has 2 aromatic rings. The first-order chi connectivity index (χ1) is 13.0. The van der Waals surface area contributed by atoms with Crippen LogP contribution in [0.4, 0.5) is 17.6 Å². The lowest BCUT2D eigenvalue weighted by atomic mass is 10.3. The molecule has 0 amide bonds. The zero-order chi connectivity index (χ0) is 20.9. The summed E-state index contributed by atoms with van der Waals surface area (Å²) in [5, 5.41) is 5.27. The third-order valence-corrected chi connectivity index (χ3v) is 4.85. The summed E-state index contributed by atoms with van der Waals surface area (Å²) < 4.78 is 69.6. The fourth-order valence-corrected chi connectivity index (χ4v) is 3.12. The Bertz CT molecular complexity index is 1060. The number of hydrogen-bond acceptors (Lipinski definition) is 11. The Morgan fingerprint density at radius 2 is 1.75 bits per heavy atom. The van der Waals surface area contributed by atoms with Crippen LogP contribution in [0.25, 0.3) is 0 Å². The van der Waals surface area contributed by atoms with Crippen molar-refractivity contribution < 1.29 is 30.7 Å². The fourth-order valence-electron chi connectivity index (χ4n) is 1.98. The molecule has 0 saturated heterocycles. The van der Waals surface area contributed by atoms with E-state index in [1.165, 1.54) is 0 Å². The molecule has 0 atom stereocenters. The minimum Gasteiger partial charge on any atom is -0.464 e. The van der Waals surface area contributed by atoms with E-state index in [1.807, 2.05) is 0 Å². The van der Waals surface area contributed by atoms with Crippen molar-refractivity contribution in [2.24, 2.45) is 5.73 Å². The molecule has 0 unspecified atom stereocenters. The maximum atomic E-state index is 11.6. The lowest BCUT2D eigenvalue weighted by Gasteiger charge is -2.12. The van der Waals surface area contributed by atoms with E-state index in [4.69, 9.17) is 10.5 Å². The third kappa shape index (κ3) is 5.70. The van der Waals surface area contributed by atoms with E-state index in [9.17, 15) is 25.9 Å². The molecule has 0 aliphatic rings. The molecular formula is C13H18N6O7S2. The van der Waals surface area contributed by atoms with Gasteiger partial charge in [-0.15, -0.1) is 0 Å². The van der Waals surface area contributed by atoms with Gasteiger partial charge < -0.3 is 21.1 Å². The van der Waals surface area contributed by atoms with Crippen LogP contribution in [0, 0.1) is 0 Å². The van der Waals surface area contributed by atoms with Crippen molar-refractivity contribution in [1.82, 2.24) is 15.0 Å². The highest BCUT2D eigenvalue weighted by atomic mass is 32.2. The number of aromatic nitrogens is 3. The lowest BCUT2D eigenvalue weighted by molar-refractivity contribution is 0.312. The Morgan fingerprint density at radius 1 is 1.07 bits per heavy atom. The summed E-state index contributed by atoms with van der Waals surface area (Å²) in [6.07, 6.45) is 0. The zero-order valence-electron chi connectivity index (χ0n) is 14.5. The van der Waals surface area contributed by atoms with E-state index in [1.54, 1.807) is 6.92 Å². The molecule has 1 aromatic carbocycles. The monoisotopic (exact) mass is 434 g/mol. The van der Waals surface area contributed by atoms with Crippen molar-refractivity contribution >= 4 is 37.8 Å². The van der Waals surface area contributed by atoms with Gasteiger partial charge in [0.2, 0.25) is 11.9 Å². The highest BCUT2D eigenvalue weighted by molar-refractivity contribution is 7.86. The smallest absolute Gasteiger partial charge is 0.323 e. The number of anilines is 3. The van der Waals surface area contributed by atoms with Gasteiger partial charge in [-0.05, 0) is 25.1 Å². The first-order valence-electron chi connectivity index (χ1n) is 7.73. The first-order valence-corrected chi connectivity index (χ1v) is 10.6. The molecule has 6 N–H and O–H groups in total. The topological polar surface area (TPSA) is 207 Å². The minimum absolute atomic E-state index is 0.0609. The van der Waals surface area contributed by atoms with Gasteiger partial charge in [-0.2, -0.15) is 31.8 Å². The van der Waals surface area contributed by atoms with E-state index in [0.29, 0.717) is 6.54 Å².